The maximum atomic E-state index is 5.99. The molecule has 0 saturated carbocycles. The van der Waals surface area contributed by atoms with Crippen molar-refractivity contribution in [3.05, 3.63) is 40.5 Å². The van der Waals surface area contributed by atoms with Crippen LogP contribution in [0.3, 0.4) is 0 Å². The molecule has 0 fully saturated rings. The van der Waals surface area contributed by atoms with Crippen molar-refractivity contribution in [2.75, 3.05) is 6.54 Å². The van der Waals surface area contributed by atoms with Crippen LogP contribution in [0, 0.1) is 6.92 Å². The molecule has 84 valence electrons. The van der Waals surface area contributed by atoms with E-state index in [1.807, 2.05) is 13.0 Å². The van der Waals surface area contributed by atoms with Crippen molar-refractivity contribution in [1.29, 1.82) is 0 Å². The lowest BCUT2D eigenvalue weighted by Gasteiger charge is -2.05. The lowest BCUT2D eigenvalue weighted by atomic mass is 10.1. The number of fused-ring (bicyclic) bond motifs is 1. The van der Waals surface area contributed by atoms with E-state index in [2.05, 4.69) is 35.4 Å². The van der Waals surface area contributed by atoms with Crippen molar-refractivity contribution in [2.45, 2.75) is 20.4 Å². The first kappa shape index (κ1) is 11.4. The topological polar surface area (TPSA) is 24.9 Å². The molecule has 0 bridgehead atoms. The van der Waals surface area contributed by atoms with Gasteiger partial charge in [0.05, 0.1) is 5.52 Å². The minimum absolute atomic E-state index is 0.590. The van der Waals surface area contributed by atoms with Crippen LogP contribution in [0.1, 0.15) is 18.1 Å². The molecule has 0 aliphatic rings. The number of aromatic nitrogens is 1. The Hall–Kier alpha value is -1.12. The number of benzene rings is 1. The fourth-order valence-corrected chi connectivity index (χ4v) is 1.83. The van der Waals surface area contributed by atoms with E-state index < -0.39 is 0 Å². The summed E-state index contributed by atoms with van der Waals surface area (Å²) in [6.07, 6.45) is 0. The molecule has 0 unspecified atom stereocenters. The highest BCUT2D eigenvalue weighted by Gasteiger charge is 2.01. The predicted octanol–water partition coefficient (Wildman–Crippen LogP) is 3.31. The third kappa shape index (κ3) is 2.34. The average Bonchev–Trinajstić information content (AvgIpc) is 2.28. The summed E-state index contributed by atoms with van der Waals surface area (Å²) in [6, 6.07) is 8.35. The van der Waals surface area contributed by atoms with Crippen LogP contribution in [0.15, 0.2) is 24.3 Å². The number of nitrogens with one attached hydrogen (secondary N) is 1. The van der Waals surface area contributed by atoms with Gasteiger partial charge in [-0.1, -0.05) is 24.6 Å². The lowest BCUT2D eigenvalue weighted by molar-refractivity contribution is 0.727. The molecule has 1 aromatic heterocycles. The van der Waals surface area contributed by atoms with Crippen LogP contribution >= 0.6 is 11.6 Å². The third-order valence-electron chi connectivity index (χ3n) is 2.59. The van der Waals surface area contributed by atoms with Crippen molar-refractivity contribution in [3.63, 3.8) is 0 Å². The van der Waals surface area contributed by atoms with Gasteiger partial charge in [0.15, 0.2) is 0 Å². The molecule has 0 amide bonds. The fourth-order valence-electron chi connectivity index (χ4n) is 1.69. The van der Waals surface area contributed by atoms with Crippen LogP contribution in [-0.4, -0.2) is 11.5 Å². The predicted molar refractivity (Wildman–Crippen MR) is 68.9 cm³/mol. The van der Waals surface area contributed by atoms with Gasteiger partial charge in [0.2, 0.25) is 0 Å². The summed E-state index contributed by atoms with van der Waals surface area (Å²) in [5, 5.41) is 5.05. The van der Waals surface area contributed by atoms with Crippen molar-refractivity contribution in [3.8, 4) is 0 Å². The molecule has 0 aliphatic heterocycles. The van der Waals surface area contributed by atoms with Crippen molar-refractivity contribution in [1.82, 2.24) is 10.3 Å². The molecule has 1 aromatic carbocycles. The van der Waals surface area contributed by atoms with Gasteiger partial charge in [-0.05, 0) is 42.8 Å². The second-order valence-electron chi connectivity index (χ2n) is 3.90. The average molecular weight is 235 g/mol. The van der Waals surface area contributed by atoms with E-state index in [0.717, 1.165) is 29.6 Å². The zero-order valence-electron chi connectivity index (χ0n) is 9.55. The summed E-state index contributed by atoms with van der Waals surface area (Å²) in [5.41, 5.74) is 3.25. The zero-order valence-corrected chi connectivity index (χ0v) is 10.3. The second-order valence-corrected chi connectivity index (χ2v) is 4.26. The summed E-state index contributed by atoms with van der Waals surface area (Å²) < 4.78 is 0. The summed E-state index contributed by atoms with van der Waals surface area (Å²) >= 11 is 5.99. The van der Waals surface area contributed by atoms with Gasteiger partial charge >= 0.3 is 0 Å². The molecule has 16 heavy (non-hydrogen) atoms. The molecule has 0 spiro atoms. The van der Waals surface area contributed by atoms with Gasteiger partial charge in [-0.3, -0.25) is 0 Å². The first-order chi connectivity index (χ1) is 7.70. The number of rotatable bonds is 3. The molecule has 0 aliphatic carbocycles. The Morgan fingerprint density at radius 3 is 2.88 bits per heavy atom. The minimum atomic E-state index is 0.590. The van der Waals surface area contributed by atoms with Crippen LogP contribution in [-0.2, 0) is 6.54 Å². The van der Waals surface area contributed by atoms with Gasteiger partial charge in [-0.25, -0.2) is 4.98 Å². The van der Waals surface area contributed by atoms with Crippen LogP contribution in [0.4, 0.5) is 0 Å². The quantitative estimate of drug-likeness (QED) is 0.825. The first-order valence-electron chi connectivity index (χ1n) is 5.47. The van der Waals surface area contributed by atoms with Crippen molar-refractivity contribution < 1.29 is 0 Å². The summed E-state index contributed by atoms with van der Waals surface area (Å²) in [7, 11) is 0. The van der Waals surface area contributed by atoms with Gasteiger partial charge in [-0.15, -0.1) is 0 Å². The Morgan fingerprint density at radius 1 is 1.31 bits per heavy atom. The highest BCUT2D eigenvalue weighted by atomic mass is 35.5. The molecule has 2 nitrogen and oxygen atoms in total. The van der Waals surface area contributed by atoms with E-state index in [1.54, 1.807) is 0 Å². The number of hydrogen-bond acceptors (Lipinski definition) is 2. The van der Waals surface area contributed by atoms with E-state index in [4.69, 9.17) is 11.6 Å². The van der Waals surface area contributed by atoms with Crippen molar-refractivity contribution >= 4 is 22.5 Å². The largest absolute Gasteiger partial charge is 0.313 e. The molecular weight excluding hydrogens is 220 g/mol. The smallest absolute Gasteiger partial charge is 0.132 e. The third-order valence-corrected chi connectivity index (χ3v) is 2.97. The molecular formula is C13H15ClN2. The Morgan fingerprint density at radius 2 is 2.12 bits per heavy atom. The molecule has 3 heteroatoms. The Kier molecular flexibility index (Phi) is 3.42. The Bertz CT molecular complexity index is 509. The maximum absolute atomic E-state index is 5.99. The minimum Gasteiger partial charge on any atom is -0.313 e. The molecule has 0 radical (unpaired) electrons. The zero-order chi connectivity index (χ0) is 11.5. The van der Waals surface area contributed by atoms with E-state index in [1.165, 1.54) is 5.56 Å². The van der Waals surface area contributed by atoms with E-state index >= 15 is 0 Å². The summed E-state index contributed by atoms with van der Waals surface area (Å²) in [4.78, 5) is 4.34. The Labute approximate surface area is 101 Å². The highest BCUT2D eigenvalue weighted by Crippen LogP contribution is 2.20. The summed E-state index contributed by atoms with van der Waals surface area (Å²) in [6.45, 7) is 5.96. The second kappa shape index (κ2) is 4.81. The first-order valence-corrected chi connectivity index (χ1v) is 5.85. The Balaban J connectivity index is 2.41. The molecule has 1 N–H and O–H groups in total. The molecule has 2 aromatic rings. The van der Waals surface area contributed by atoms with Crippen LogP contribution in [0.5, 0.6) is 0 Å². The monoisotopic (exact) mass is 234 g/mol. The van der Waals surface area contributed by atoms with Crippen LogP contribution in [0.2, 0.25) is 5.15 Å². The van der Waals surface area contributed by atoms with Gasteiger partial charge < -0.3 is 5.32 Å². The maximum Gasteiger partial charge on any atom is 0.132 e. The normalized spacial score (nSPS) is 10.9. The molecule has 0 saturated heterocycles. The van der Waals surface area contributed by atoms with Crippen molar-refractivity contribution in [2.24, 2.45) is 0 Å². The lowest BCUT2D eigenvalue weighted by Crippen LogP contribution is -2.11. The van der Waals surface area contributed by atoms with E-state index in [-0.39, 0.29) is 0 Å². The van der Waals surface area contributed by atoms with E-state index in [0.29, 0.717) is 5.15 Å². The highest BCUT2D eigenvalue weighted by molar-refractivity contribution is 6.30. The van der Waals surface area contributed by atoms with Gasteiger partial charge in [0.1, 0.15) is 5.15 Å². The fraction of sp³-hybridized carbons (Fsp3) is 0.308. The van der Waals surface area contributed by atoms with Crippen LogP contribution in [0.25, 0.3) is 10.9 Å². The molecule has 2 rings (SSSR count). The number of hydrogen-bond donors (Lipinski definition) is 1. The van der Waals surface area contributed by atoms with Gasteiger partial charge in [-0.2, -0.15) is 0 Å². The SMILES string of the molecule is CCNCc1ccc2nc(Cl)c(C)cc2c1. The molecule has 1 heterocycles. The van der Waals surface area contributed by atoms with E-state index in [9.17, 15) is 0 Å². The number of aryl methyl sites for hydroxylation is 1. The number of pyridine rings is 1. The van der Waals surface area contributed by atoms with Crippen LogP contribution < -0.4 is 5.32 Å². The molecule has 0 atom stereocenters. The van der Waals surface area contributed by atoms with Gasteiger partial charge in [0.25, 0.3) is 0 Å². The standard InChI is InChI=1S/C13H15ClN2/c1-3-15-8-10-4-5-12-11(7-10)6-9(2)13(14)16-12/h4-7,15H,3,8H2,1-2H3. The van der Waals surface area contributed by atoms with Gasteiger partial charge in [0, 0.05) is 11.9 Å². The summed E-state index contributed by atoms with van der Waals surface area (Å²) in [5.74, 6) is 0. The number of halogens is 1. The number of nitrogens with zero attached hydrogens (tertiary/aromatic N) is 1.